The molecule has 0 aliphatic carbocycles. The Morgan fingerprint density at radius 2 is 1.76 bits per heavy atom. The van der Waals surface area contributed by atoms with Crippen LogP contribution in [-0.4, -0.2) is 53.9 Å². The number of ether oxygens (including phenoxy) is 4. The maximum Gasteiger partial charge on any atom is 0.426 e. The Morgan fingerprint density at radius 1 is 1.07 bits per heavy atom. The predicted molar refractivity (Wildman–Crippen MR) is 131 cm³/mol. The quantitative estimate of drug-likeness (QED) is 0.237. The van der Waals surface area contributed by atoms with Crippen LogP contribution in [0.1, 0.15) is 42.0 Å². The fourth-order valence-corrected chi connectivity index (χ4v) is 4.27. The third-order valence-electron chi connectivity index (χ3n) is 6.39. The molecule has 16 heteroatoms. The number of carbonyl (C=O) groups is 1. The molecular formula is C26H26F6N4O6. The molecule has 0 saturated carbocycles. The number of anilines is 1. The number of carbonyl (C=O) groups excluding carboxylic acids is 1. The number of pyridine rings is 1. The third kappa shape index (κ3) is 6.99. The molecule has 0 spiro atoms. The highest BCUT2D eigenvalue weighted by Gasteiger charge is 2.61. The first-order valence-electron chi connectivity index (χ1n) is 12.6. The molecule has 0 amide bonds. The van der Waals surface area contributed by atoms with Crippen LogP contribution < -0.4 is 5.73 Å². The molecule has 2 N–H and O–H groups in total. The van der Waals surface area contributed by atoms with E-state index in [1.54, 1.807) is 30.3 Å². The van der Waals surface area contributed by atoms with Crippen LogP contribution in [0.5, 0.6) is 0 Å². The van der Waals surface area contributed by atoms with Crippen LogP contribution in [0.2, 0.25) is 0 Å². The summed E-state index contributed by atoms with van der Waals surface area (Å²) in [6, 6.07) is 8.54. The summed E-state index contributed by atoms with van der Waals surface area (Å²) in [5, 5.41) is 7.19. The summed E-state index contributed by atoms with van der Waals surface area (Å²) in [5.41, 5.74) is -0.210. The molecule has 3 aromatic rings. The van der Waals surface area contributed by atoms with Crippen molar-refractivity contribution < 1.29 is 54.5 Å². The molecule has 1 aliphatic heterocycles. The normalized spacial score (nSPS) is 16.0. The minimum Gasteiger partial charge on any atom is -0.469 e. The molecular weight excluding hydrogens is 578 g/mol. The van der Waals surface area contributed by atoms with Crippen molar-refractivity contribution in [2.24, 2.45) is 0 Å². The van der Waals surface area contributed by atoms with Gasteiger partial charge in [-0.05, 0) is 30.9 Å². The summed E-state index contributed by atoms with van der Waals surface area (Å²) in [4.78, 5) is 15.5. The number of alkyl halides is 6. The average Bonchev–Trinajstić information content (AvgIpc) is 3.63. The van der Waals surface area contributed by atoms with Crippen molar-refractivity contribution in [3.8, 4) is 11.6 Å². The lowest BCUT2D eigenvalue weighted by Crippen LogP contribution is -2.45. The molecule has 0 bridgehead atoms. The summed E-state index contributed by atoms with van der Waals surface area (Å²) in [5.74, 6) is -2.76. The molecule has 228 valence electrons. The number of hydrogen-bond donors (Lipinski definition) is 1. The van der Waals surface area contributed by atoms with Crippen LogP contribution in [0, 0.1) is 0 Å². The van der Waals surface area contributed by atoms with Crippen LogP contribution in [0.25, 0.3) is 11.6 Å². The van der Waals surface area contributed by atoms with E-state index in [0.717, 1.165) is 7.11 Å². The number of nitrogens with zero attached hydrogens (tertiary/aromatic N) is 3. The molecule has 42 heavy (non-hydrogen) atoms. The molecule has 1 unspecified atom stereocenters. The van der Waals surface area contributed by atoms with Gasteiger partial charge in [0.05, 0.1) is 50.3 Å². The van der Waals surface area contributed by atoms with Gasteiger partial charge in [-0.15, -0.1) is 10.2 Å². The van der Waals surface area contributed by atoms with Crippen molar-refractivity contribution in [2.45, 2.75) is 56.5 Å². The van der Waals surface area contributed by atoms with Crippen molar-refractivity contribution in [1.82, 2.24) is 15.2 Å². The molecule has 4 rings (SSSR count). The SMILES string of the molecule is COC(=O)Cc1nc(-c2nnc(C(CCCC3OCCO3)(OCc3ccccc3)C(F)(F)F)o2)c(N)cc1C(F)(F)F. The van der Waals surface area contributed by atoms with Gasteiger partial charge >= 0.3 is 18.3 Å². The fourth-order valence-electron chi connectivity index (χ4n) is 4.27. The van der Waals surface area contributed by atoms with Crippen molar-refractivity contribution >= 4 is 11.7 Å². The Hall–Kier alpha value is -3.76. The highest BCUT2D eigenvalue weighted by molar-refractivity contribution is 5.74. The number of rotatable bonds is 11. The van der Waals surface area contributed by atoms with Crippen molar-refractivity contribution in [1.29, 1.82) is 0 Å². The highest BCUT2D eigenvalue weighted by atomic mass is 19.4. The van der Waals surface area contributed by atoms with Gasteiger partial charge < -0.3 is 29.1 Å². The zero-order valence-corrected chi connectivity index (χ0v) is 22.1. The number of nitrogen functional groups attached to an aromatic ring is 1. The second-order valence-corrected chi connectivity index (χ2v) is 9.25. The number of methoxy groups -OCH3 is 1. The van der Waals surface area contributed by atoms with E-state index in [-0.39, 0.29) is 12.8 Å². The number of halogens is 6. The Balaban J connectivity index is 1.74. The lowest BCUT2D eigenvalue weighted by atomic mass is 9.94. The second-order valence-electron chi connectivity index (χ2n) is 9.25. The first-order chi connectivity index (χ1) is 19.8. The van der Waals surface area contributed by atoms with E-state index in [1.165, 1.54) is 0 Å². The number of benzene rings is 1. The number of esters is 1. The molecule has 3 heterocycles. The van der Waals surface area contributed by atoms with Crippen LogP contribution in [-0.2, 0) is 48.5 Å². The summed E-state index contributed by atoms with van der Waals surface area (Å²) in [6.45, 7) is 0.136. The lowest BCUT2D eigenvalue weighted by molar-refractivity contribution is -0.300. The monoisotopic (exact) mass is 604 g/mol. The minimum atomic E-state index is -5.09. The van der Waals surface area contributed by atoms with Crippen LogP contribution in [0.4, 0.5) is 32.0 Å². The van der Waals surface area contributed by atoms with Crippen molar-refractivity contribution in [3.05, 3.63) is 59.1 Å². The zero-order chi connectivity index (χ0) is 30.5. The largest absolute Gasteiger partial charge is 0.469 e. The number of aromatic nitrogens is 3. The van der Waals surface area contributed by atoms with Gasteiger partial charge in [0, 0.05) is 0 Å². The smallest absolute Gasteiger partial charge is 0.426 e. The molecule has 1 saturated heterocycles. The lowest BCUT2D eigenvalue weighted by Gasteiger charge is -2.33. The van der Waals surface area contributed by atoms with Crippen LogP contribution >= 0.6 is 0 Å². The summed E-state index contributed by atoms with van der Waals surface area (Å²) in [7, 11) is 0.967. The van der Waals surface area contributed by atoms with Gasteiger partial charge in [-0.1, -0.05) is 30.3 Å². The maximum absolute atomic E-state index is 14.9. The van der Waals surface area contributed by atoms with Crippen molar-refractivity contribution in [3.63, 3.8) is 0 Å². The van der Waals surface area contributed by atoms with Gasteiger partial charge in [-0.3, -0.25) is 4.79 Å². The second kappa shape index (κ2) is 12.6. The zero-order valence-electron chi connectivity index (χ0n) is 22.1. The first kappa shape index (κ1) is 31.2. The Morgan fingerprint density at radius 3 is 2.38 bits per heavy atom. The fraction of sp³-hybridized carbons (Fsp3) is 0.462. The molecule has 2 aromatic heterocycles. The Labute approximate surface area is 235 Å². The summed E-state index contributed by atoms with van der Waals surface area (Å²) < 4.78 is 111. The van der Waals surface area contributed by atoms with Gasteiger partial charge in [0.15, 0.2) is 12.0 Å². The van der Waals surface area contributed by atoms with Crippen LogP contribution in [0.3, 0.4) is 0 Å². The van der Waals surface area contributed by atoms with Gasteiger partial charge in [0.1, 0.15) is 0 Å². The molecule has 10 nitrogen and oxygen atoms in total. The number of nitrogens with two attached hydrogens (primary N) is 1. The summed E-state index contributed by atoms with van der Waals surface area (Å²) in [6.07, 6.45) is -12.3. The molecule has 0 radical (unpaired) electrons. The first-order valence-corrected chi connectivity index (χ1v) is 12.6. The maximum atomic E-state index is 14.9. The Bertz CT molecular complexity index is 1360. The minimum absolute atomic E-state index is 0.0966. The van der Waals surface area contributed by atoms with Gasteiger partial charge in [-0.25, -0.2) is 4.98 Å². The van der Waals surface area contributed by atoms with E-state index >= 15 is 0 Å². The van der Waals surface area contributed by atoms with E-state index in [4.69, 9.17) is 24.4 Å². The summed E-state index contributed by atoms with van der Waals surface area (Å²) >= 11 is 0. The molecule has 1 atom stereocenters. The van der Waals surface area contributed by atoms with Gasteiger partial charge in [0.25, 0.3) is 11.8 Å². The van der Waals surface area contributed by atoms with Crippen molar-refractivity contribution in [2.75, 3.05) is 26.1 Å². The van der Waals surface area contributed by atoms with Crippen LogP contribution in [0.15, 0.2) is 40.8 Å². The molecule has 1 fully saturated rings. The molecule has 1 aromatic carbocycles. The van der Waals surface area contributed by atoms with E-state index < -0.39 is 84.1 Å². The van der Waals surface area contributed by atoms with Gasteiger partial charge in [-0.2, -0.15) is 26.3 Å². The van der Waals surface area contributed by atoms with Gasteiger partial charge in [0.2, 0.25) is 5.60 Å². The van der Waals surface area contributed by atoms with E-state index in [0.29, 0.717) is 24.8 Å². The predicted octanol–water partition coefficient (Wildman–Crippen LogP) is 4.97. The standard InChI is InChI=1S/C26H26F6N4O6/c1-38-19(37)13-18-16(25(27,28)29)12-17(33)21(34-18)22-35-36-23(42-22)24(26(30,31)32,9-5-8-20-39-10-11-40-20)41-14-15-6-3-2-4-7-15/h2-4,6-7,12,20H,5,8-11,13-14,33H2,1H3. The number of hydrogen-bond acceptors (Lipinski definition) is 10. The third-order valence-corrected chi connectivity index (χ3v) is 6.39. The molecule has 1 aliphatic rings. The highest BCUT2D eigenvalue weighted by Crippen LogP contribution is 2.47. The van der Waals surface area contributed by atoms with E-state index in [1.807, 2.05) is 0 Å². The van der Waals surface area contributed by atoms with E-state index in [9.17, 15) is 31.1 Å². The Kier molecular flexibility index (Phi) is 9.37. The average molecular weight is 605 g/mol. The van der Waals surface area contributed by atoms with E-state index in [2.05, 4.69) is 19.9 Å². The topological polar surface area (TPSA) is 132 Å².